The Bertz CT molecular complexity index is 791. The number of hydrogen-bond donors (Lipinski definition) is 2. The number of rotatable bonds is 7. The summed E-state index contributed by atoms with van der Waals surface area (Å²) in [4.78, 5) is 22.6. The van der Waals surface area contributed by atoms with Crippen molar-refractivity contribution < 1.29 is 9.72 Å². The second kappa shape index (κ2) is 8.78. The molecule has 0 heterocycles. The van der Waals surface area contributed by atoms with E-state index in [1.165, 1.54) is 23.8 Å². The van der Waals surface area contributed by atoms with Gasteiger partial charge in [0.25, 0.3) is 5.69 Å². The molecule has 0 unspecified atom stereocenters. The molecule has 6 nitrogen and oxygen atoms in total. The maximum Gasteiger partial charge on any atom is 0.294 e. The van der Waals surface area contributed by atoms with Crippen molar-refractivity contribution in [3.8, 4) is 0 Å². The predicted molar refractivity (Wildman–Crippen MR) is 104 cm³/mol. The molecule has 138 valence electrons. The van der Waals surface area contributed by atoms with Gasteiger partial charge in [-0.15, -0.1) is 0 Å². The molecule has 26 heavy (non-hydrogen) atoms. The molecule has 0 saturated carbocycles. The number of nitro groups is 1. The van der Waals surface area contributed by atoms with Crippen LogP contribution >= 0.6 is 11.6 Å². The smallest absolute Gasteiger partial charge is 0.294 e. The Balaban J connectivity index is 1.95. The third-order valence-electron chi connectivity index (χ3n) is 4.10. The molecule has 0 aliphatic heterocycles. The molecule has 2 aromatic rings. The van der Waals surface area contributed by atoms with E-state index in [2.05, 4.69) is 36.6 Å². The van der Waals surface area contributed by atoms with Gasteiger partial charge in [0.1, 0.15) is 5.69 Å². The molecule has 0 spiro atoms. The van der Waals surface area contributed by atoms with Crippen LogP contribution < -0.4 is 10.6 Å². The molecule has 0 aliphatic carbocycles. The molecule has 0 fully saturated rings. The molecule has 0 aromatic heterocycles. The van der Waals surface area contributed by atoms with Gasteiger partial charge in [0.15, 0.2) is 0 Å². The molecule has 2 N–H and O–H groups in total. The number of nitro benzene ring substituents is 1. The summed E-state index contributed by atoms with van der Waals surface area (Å²) < 4.78 is 0. The van der Waals surface area contributed by atoms with E-state index in [9.17, 15) is 14.9 Å². The summed E-state index contributed by atoms with van der Waals surface area (Å²) in [6.07, 6.45) is 0. The normalized spacial score (nSPS) is 12.0. The number of nitrogens with one attached hydrogen (secondary N) is 2. The van der Waals surface area contributed by atoms with E-state index in [0.29, 0.717) is 5.92 Å². The monoisotopic (exact) mass is 375 g/mol. The molecule has 7 heteroatoms. The topological polar surface area (TPSA) is 84.3 Å². The summed E-state index contributed by atoms with van der Waals surface area (Å²) in [6, 6.07) is 12.3. The zero-order valence-corrected chi connectivity index (χ0v) is 15.7. The maximum atomic E-state index is 12.1. The minimum absolute atomic E-state index is 0.0258. The first-order valence-corrected chi connectivity index (χ1v) is 8.72. The van der Waals surface area contributed by atoms with E-state index in [0.717, 1.165) is 5.56 Å². The molecular formula is C19H22ClN3O3. The second-order valence-electron chi connectivity index (χ2n) is 6.39. The Morgan fingerprint density at radius 2 is 1.73 bits per heavy atom. The van der Waals surface area contributed by atoms with Crippen LogP contribution in [-0.4, -0.2) is 17.4 Å². The maximum absolute atomic E-state index is 12.1. The van der Waals surface area contributed by atoms with Crippen molar-refractivity contribution in [2.75, 3.05) is 11.9 Å². The van der Waals surface area contributed by atoms with Crippen molar-refractivity contribution >= 4 is 28.9 Å². The first kappa shape index (κ1) is 19.9. The molecule has 1 atom stereocenters. The zero-order valence-electron chi connectivity index (χ0n) is 15.0. The summed E-state index contributed by atoms with van der Waals surface area (Å²) in [7, 11) is 0. The molecular weight excluding hydrogens is 354 g/mol. The van der Waals surface area contributed by atoms with E-state index >= 15 is 0 Å². The number of anilines is 1. The summed E-state index contributed by atoms with van der Waals surface area (Å²) in [6.45, 7) is 6.27. The van der Waals surface area contributed by atoms with Crippen LogP contribution in [0.25, 0.3) is 0 Å². The van der Waals surface area contributed by atoms with Crippen LogP contribution in [0.1, 0.15) is 43.9 Å². The quantitative estimate of drug-likeness (QED) is 0.544. The molecule has 2 rings (SSSR count). The first-order valence-electron chi connectivity index (χ1n) is 8.35. The SMILES string of the molecule is CC(C)c1ccc([C@H](C)NCC(=O)Nc2ccc(Cl)cc2[N+](=O)[O-])cc1. The van der Waals surface area contributed by atoms with Gasteiger partial charge in [-0.05, 0) is 36.1 Å². The second-order valence-corrected chi connectivity index (χ2v) is 6.83. The number of nitrogens with zero attached hydrogens (tertiary/aromatic N) is 1. The van der Waals surface area contributed by atoms with Gasteiger partial charge >= 0.3 is 0 Å². The van der Waals surface area contributed by atoms with Gasteiger partial charge in [0, 0.05) is 17.1 Å². The highest BCUT2D eigenvalue weighted by Crippen LogP contribution is 2.27. The van der Waals surface area contributed by atoms with E-state index in [-0.39, 0.29) is 34.9 Å². The van der Waals surface area contributed by atoms with Crippen molar-refractivity contribution in [3.63, 3.8) is 0 Å². The molecule has 0 radical (unpaired) electrons. The van der Waals surface area contributed by atoms with E-state index in [1.54, 1.807) is 0 Å². The Kier molecular flexibility index (Phi) is 6.71. The number of carbonyl (C=O) groups excluding carboxylic acids is 1. The van der Waals surface area contributed by atoms with E-state index < -0.39 is 4.92 Å². The third kappa shape index (κ3) is 5.28. The summed E-state index contributed by atoms with van der Waals surface area (Å²) in [5, 5.41) is 17.0. The molecule has 0 bridgehead atoms. The van der Waals surface area contributed by atoms with Crippen LogP contribution in [0.4, 0.5) is 11.4 Å². The lowest BCUT2D eigenvalue weighted by molar-refractivity contribution is -0.383. The van der Waals surface area contributed by atoms with Crippen LogP contribution in [-0.2, 0) is 4.79 Å². The van der Waals surface area contributed by atoms with Gasteiger partial charge in [0.05, 0.1) is 11.5 Å². The average molecular weight is 376 g/mol. The van der Waals surface area contributed by atoms with Gasteiger partial charge in [-0.3, -0.25) is 14.9 Å². The van der Waals surface area contributed by atoms with Crippen molar-refractivity contribution in [1.82, 2.24) is 5.32 Å². The first-order chi connectivity index (χ1) is 12.3. The number of halogens is 1. The molecule has 0 saturated heterocycles. The van der Waals surface area contributed by atoms with Crippen LogP contribution in [0.3, 0.4) is 0 Å². The van der Waals surface area contributed by atoms with Crippen LogP contribution in [0.15, 0.2) is 42.5 Å². The van der Waals surface area contributed by atoms with Gasteiger partial charge in [-0.1, -0.05) is 49.7 Å². The number of carbonyl (C=O) groups is 1. The number of benzene rings is 2. The standard InChI is InChI=1S/C19H22ClN3O3/c1-12(2)14-4-6-15(7-5-14)13(3)21-11-19(24)22-17-9-8-16(20)10-18(17)23(25)26/h4-10,12-13,21H,11H2,1-3H3,(H,22,24)/t13-/m0/s1. The Morgan fingerprint density at radius 1 is 1.12 bits per heavy atom. The van der Waals surface area contributed by atoms with Gasteiger partial charge in [-0.2, -0.15) is 0 Å². The summed E-state index contributed by atoms with van der Waals surface area (Å²) in [5.41, 5.74) is 2.22. The fourth-order valence-corrected chi connectivity index (χ4v) is 2.66. The van der Waals surface area contributed by atoms with E-state index in [4.69, 9.17) is 11.6 Å². The van der Waals surface area contributed by atoms with Crippen molar-refractivity contribution in [3.05, 3.63) is 68.7 Å². The van der Waals surface area contributed by atoms with Crippen molar-refractivity contribution in [2.45, 2.75) is 32.7 Å². The summed E-state index contributed by atoms with van der Waals surface area (Å²) in [5.74, 6) is 0.106. The third-order valence-corrected chi connectivity index (χ3v) is 4.34. The minimum atomic E-state index is -0.576. The van der Waals surface area contributed by atoms with Gasteiger partial charge in [0.2, 0.25) is 5.91 Å². The van der Waals surface area contributed by atoms with E-state index in [1.807, 2.05) is 19.1 Å². The highest BCUT2D eigenvalue weighted by molar-refractivity contribution is 6.31. The fourth-order valence-electron chi connectivity index (χ4n) is 2.49. The highest BCUT2D eigenvalue weighted by atomic mass is 35.5. The average Bonchev–Trinajstić information content (AvgIpc) is 2.61. The lowest BCUT2D eigenvalue weighted by Crippen LogP contribution is -2.30. The number of amides is 1. The predicted octanol–water partition coefficient (Wildman–Crippen LogP) is 4.66. The Hall–Kier alpha value is -2.44. The highest BCUT2D eigenvalue weighted by Gasteiger charge is 2.17. The van der Waals surface area contributed by atoms with Gasteiger partial charge in [-0.25, -0.2) is 0 Å². The summed E-state index contributed by atoms with van der Waals surface area (Å²) >= 11 is 5.77. The fraction of sp³-hybridized carbons (Fsp3) is 0.316. The van der Waals surface area contributed by atoms with Gasteiger partial charge < -0.3 is 10.6 Å². The van der Waals surface area contributed by atoms with Crippen LogP contribution in [0.2, 0.25) is 5.02 Å². The molecule has 2 aromatic carbocycles. The van der Waals surface area contributed by atoms with Crippen LogP contribution in [0.5, 0.6) is 0 Å². The zero-order chi connectivity index (χ0) is 19.3. The van der Waals surface area contributed by atoms with Crippen LogP contribution in [0, 0.1) is 10.1 Å². The molecule has 0 aliphatic rings. The van der Waals surface area contributed by atoms with Crippen molar-refractivity contribution in [2.24, 2.45) is 0 Å². The lowest BCUT2D eigenvalue weighted by atomic mass is 9.99. The Labute approximate surface area is 157 Å². The van der Waals surface area contributed by atoms with Crippen molar-refractivity contribution in [1.29, 1.82) is 0 Å². The Morgan fingerprint density at radius 3 is 2.31 bits per heavy atom. The lowest BCUT2D eigenvalue weighted by Gasteiger charge is -2.15. The number of hydrogen-bond acceptors (Lipinski definition) is 4. The molecule has 1 amide bonds. The largest absolute Gasteiger partial charge is 0.319 e. The minimum Gasteiger partial charge on any atom is -0.319 e.